The number of ether oxygens (including phenoxy) is 1. The second-order valence-corrected chi connectivity index (χ2v) is 5.00. The van der Waals surface area contributed by atoms with Crippen LogP contribution in [0, 0.1) is 5.92 Å². The van der Waals surface area contributed by atoms with E-state index in [0.29, 0.717) is 19.7 Å². The van der Waals surface area contributed by atoms with E-state index >= 15 is 0 Å². The number of nitrogens with one attached hydrogen (secondary N) is 1. The highest BCUT2D eigenvalue weighted by Gasteiger charge is 2.24. The maximum absolute atomic E-state index is 11.7. The number of amides is 2. The Bertz CT molecular complexity index is 292. The monoisotopic (exact) mass is 256 g/mol. The van der Waals surface area contributed by atoms with Gasteiger partial charge >= 0.3 is 6.09 Å². The van der Waals surface area contributed by atoms with E-state index in [-0.39, 0.29) is 24.0 Å². The topological polar surface area (TPSA) is 58.6 Å². The molecule has 0 aromatic rings. The first kappa shape index (κ1) is 14.8. The van der Waals surface area contributed by atoms with Gasteiger partial charge in [0.05, 0.1) is 6.61 Å². The van der Waals surface area contributed by atoms with Crippen LogP contribution in [0.5, 0.6) is 0 Å². The number of rotatable bonds is 3. The Morgan fingerprint density at radius 2 is 2.11 bits per heavy atom. The lowest BCUT2D eigenvalue weighted by atomic mass is 10.1. The molecule has 1 saturated heterocycles. The van der Waals surface area contributed by atoms with E-state index in [9.17, 15) is 9.59 Å². The van der Waals surface area contributed by atoms with Crippen LogP contribution in [-0.2, 0) is 9.53 Å². The van der Waals surface area contributed by atoms with E-state index < -0.39 is 0 Å². The fourth-order valence-electron chi connectivity index (χ4n) is 2.01. The average Bonchev–Trinajstić information content (AvgIpc) is 2.54. The molecule has 2 amide bonds. The van der Waals surface area contributed by atoms with Crippen molar-refractivity contribution in [2.24, 2.45) is 5.92 Å². The first-order valence-corrected chi connectivity index (χ1v) is 6.76. The van der Waals surface area contributed by atoms with Crippen molar-refractivity contribution in [3.8, 4) is 0 Å². The molecule has 0 aliphatic carbocycles. The predicted octanol–water partition coefficient (Wildman–Crippen LogP) is 1.77. The third-order valence-corrected chi connectivity index (χ3v) is 3.07. The minimum atomic E-state index is -0.275. The molecule has 1 atom stereocenters. The highest BCUT2D eigenvalue weighted by Crippen LogP contribution is 2.12. The number of hydrogen-bond donors (Lipinski definition) is 1. The second-order valence-electron chi connectivity index (χ2n) is 5.00. The predicted molar refractivity (Wildman–Crippen MR) is 69.2 cm³/mol. The van der Waals surface area contributed by atoms with Crippen LogP contribution in [0.4, 0.5) is 4.79 Å². The van der Waals surface area contributed by atoms with Crippen molar-refractivity contribution in [3.05, 3.63) is 0 Å². The summed E-state index contributed by atoms with van der Waals surface area (Å²) in [5.41, 5.74) is 0. The molecule has 0 aromatic heterocycles. The van der Waals surface area contributed by atoms with Crippen molar-refractivity contribution in [3.63, 3.8) is 0 Å². The maximum Gasteiger partial charge on any atom is 0.409 e. The van der Waals surface area contributed by atoms with E-state index in [0.717, 1.165) is 19.3 Å². The quantitative estimate of drug-likeness (QED) is 0.837. The largest absolute Gasteiger partial charge is 0.450 e. The molecule has 1 unspecified atom stereocenters. The van der Waals surface area contributed by atoms with Gasteiger partial charge in [0.1, 0.15) is 0 Å². The van der Waals surface area contributed by atoms with Gasteiger partial charge in [-0.15, -0.1) is 0 Å². The third-order valence-electron chi connectivity index (χ3n) is 3.07. The van der Waals surface area contributed by atoms with Crippen LogP contribution in [0.15, 0.2) is 0 Å². The first-order chi connectivity index (χ1) is 8.54. The molecular weight excluding hydrogens is 232 g/mol. The minimum Gasteiger partial charge on any atom is -0.450 e. The van der Waals surface area contributed by atoms with Crippen molar-refractivity contribution < 1.29 is 14.3 Å². The van der Waals surface area contributed by atoms with Gasteiger partial charge in [0.15, 0.2) is 0 Å². The summed E-state index contributed by atoms with van der Waals surface area (Å²) in [7, 11) is 0. The van der Waals surface area contributed by atoms with Crippen LogP contribution in [0.1, 0.15) is 40.0 Å². The summed E-state index contributed by atoms with van der Waals surface area (Å²) >= 11 is 0. The van der Waals surface area contributed by atoms with Crippen molar-refractivity contribution in [2.75, 3.05) is 19.7 Å². The summed E-state index contributed by atoms with van der Waals surface area (Å²) in [5.74, 6) is 0.0232. The average molecular weight is 256 g/mol. The van der Waals surface area contributed by atoms with Gasteiger partial charge in [-0.2, -0.15) is 0 Å². The minimum absolute atomic E-state index is 0.0238. The molecule has 1 rings (SSSR count). The standard InChI is InChI=1S/C13H24N2O3/c1-4-18-13(17)15-8-6-5-7-11(9-15)14-12(16)10(2)3/h10-11H,4-9H2,1-3H3,(H,14,16). The van der Waals surface area contributed by atoms with Gasteiger partial charge in [-0.05, 0) is 26.2 Å². The molecule has 0 radical (unpaired) electrons. The molecule has 0 spiro atoms. The molecule has 1 heterocycles. The lowest BCUT2D eigenvalue weighted by molar-refractivity contribution is -0.124. The van der Waals surface area contributed by atoms with Crippen LogP contribution in [0.3, 0.4) is 0 Å². The van der Waals surface area contributed by atoms with Gasteiger partial charge in [0.2, 0.25) is 5.91 Å². The Balaban J connectivity index is 2.53. The van der Waals surface area contributed by atoms with Gasteiger partial charge < -0.3 is 15.0 Å². The molecule has 0 saturated carbocycles. The van der Waals surface area contributed by atoms with Gasteiger partial charge in [-0.25, -0.2) is 4.79 Å². The number of likely N-dealkylation sites (tertiary alicyclic amines) is 1. The molecule has 5 nitrogen and oxygen atoms in total. The van der Waals surface area contributed by atoms with Crippen LogP contribution in [0.25, 0.3) is 0 Å². The van der Waals surface area contributed by atoms with Gasteiger partial charge in [0.25, 0.3) is 0 Å². The Morgan fingerprint density at radius 1 is 1.39 bits per heavy atom. The zero-order valence-electron chi connectivity index (χ0n) is 11.6. The molecule has 1 aliphatic rings. The van der Waals surface area contributed by atoms with E-state index in [1.807, 2.05) is 13.8 Å². The number of nitrogens with zero attached hydrogens (tertiary/aromatic N) is 1. The Hall–Kier alpha value is -1.26. The number of hydrogen-bond acceptors (Lipinski definition) is 3. The zero-order chi connectivity index (χ0) is 13.5. The van der Waals surface area contributed by atoms with Gasteiger partial charge in [-0.3, -0.25) is 4.79 Å². The summed E-state index contributed by atoms with van der Waals surface area (Å²) in [6.45, 7) is 7.20. The molecule has 18 heavy (non-hydrogen) atoms. The molecule has 104 valence electrons. The number of carbonyl (C=O) groups is 2. The molecule has 1 fully saturated rings. The lowest BCUT2D eigenvalue weighted by Crippen LogP contribution is -2.45. The SMILES string of the molecule is CCOC(=O)N1CCCCC(NC(=O)C(C)C)C1. The van der Waals surface area contributed by atoms with Crippen molar-refractivity contribution in [1.29, 1.82) is 0 Å². The summed E-state index contributed by atoms with van der Waals surface area (Å²) < 4.78 is 5.01. The van der Waals surface area contributed by atoms with E-state index in [4.69, 9.17) is 4.74 Å². The van der Waals surface area contributed by atoms with Crippen LogP contribution < -0.4 is 5.32 Å². The third kappa shape index (κ3) is 4.55. The van der Waals surface area contributed by atoms with Crippen LogP contribution in [-0.4, -0.2) is 42.6 Å². The fraction of sp³-hybridized carbons (Fsp3) is 0.846. The van der Waals surface area contributed by atoms with E-state index in [2.05, 4.69) is 5.32 Å². The number of carbonyl (C=O) groups excluding carboxylic acids is 2. The molecular formula is C13H24N2O3. The molecule has 5 heteroatoms. The molecule has 1 N–H and O–H groups in total. The van der Waals surface area contributed by atoms with Crippen molar-refractivity contribution >= 4 is 12.0 Å². The molecule has 1 aliphatic heterocycles. The summed E-state index contributed by atoms with van der Waals surface area (Å²) in [6.07, 6.45) is 2.64. The maximum atomic E-state index is 11.7. The van der Waals surface area contributed by atoms with Crippen LogP contribution in [0.2, 0.25) is 0 Å². The Kier molecular flexibility index (Phi) is 5.95. The van der Waals surface area contributed by atoms with E-state index in [1.165, 1.54) is 0 Å². The second kappa shape index (κ2) is 7.24. The van der Waals surface area contributed by atoms with E-state index in [1.54, 1.807) is 11.8 Å². The summed E-state index contributed by atoms with van der Waals surface area (Å²) in [4.78, 5) is 25.1. The Labute approximate surface area is 109 Å². The molecule has 0 bridgehead atoms. The first-order valence-electron chi connectivity index (χ1n) is 6.76. The normalized spacial score (nSPS) is 20.4. The van der Waals surface area contributed by atoms with Crippen molar-refractivity contribution in [2.45, 2.75) is 46.1 Å². The van der Waals surface area contributed by atoms with Gasteiger partial charge in [0, 0.05) is 25.0 Å². The lowest BCUT2D eigenvalue weighted by Gasteiger charge is -2.24. The summed E-state index contributed by atoms with van der Waals surface area (Å²) in [6, 6.07) is 0.0480. The van der Waals surface area contributed by atoms with Crippen LogP contribution >= 0.6 is 0 Å². The van der Waals surface area contributed by atoms with Crippen molar-refractivity contribution in [1.82, 2.24) is 10.2 Å². The Morgan fingerprint density at radius 3 is 2.72 bits per heavy atom. The zero-order valence-corrected chi connectivity index (χ0v) is 11.6. The van der Waals surface area contributed by atoms with Gasteiger partial charge in [-0.1, -0.05) is 13.8 Å². The highest BCUT2D eigenvalue weighted by atomic mass is 16.6. The summed E-state index contributed by atoms with van der Waals surface area (Å²) in [5, 5.41) is 3.00. The highest BCUT2D eigenvalue weighted by molar-refractivity contribution is 5.78. The molecule has 0 aromatic carbocycles. The fourth-order valence-corrected chi connectivity index (χ4v) is 2.01. The smallest absolute Gasteiger partial charge is 0.409 e.